The zero-order valence-corrected chi connectivity index (χ0v) is 13.2. The van der Waals surface area contributed by atoms with Gasteiger partial charge < -0.3 is 14.5 Å². The molecule has 1 fully saturated rings. The van der Waals surface area contributed by atoms with Gasteiger partial charge in [0.15, 0.2) is 5.82 Å². The van der Waals surface area contributed by atoms with Crippen molar-refractivity contribution in [2.75, 3.05) is 38.2 Å². The highest BCUT2D eigenvalue weighted by Crippen LogP contribution is 2.19. The molecule has 1 aromatic carbocycles. The van der Waals surface area contributed by atoms with Gasteiger partial charge in [0.1, 0.15) is 5.75 Å². The minimum absolute atomic E-state index is 0.133. The minimum Gasteiger partial charge on any atom is -0.496 e. The van der Waals surface area contributed by atoms with E-state index in [0.29, 0.717) is 19.5 Å². The maximum absolute atomic E-state index is 12.5. The lowest BCUT2D eigenvalue weighted by Gasteiger charge is -2.35. The number of methoxy groups -OCH3 is 1. The number of aromatic nitrogens is 2. The molecule has 6 heteroatoms. The molecule has 2 aromatic rings. The van der Waals surface area contributed by atoms with Crippen molar-refractivity contribution in [3.63, 3.8) is 0 Å². The lowest BCUT2D eigenvalue weighted by molar-refractivity contribution is -0.130. The molecule has 1 amide bonds. The van der Waals surface area contributed by atoms with Gasteiger partial charge in [-0.3, -0.25) is 4.79 Å². The summed E-state index contributed by atoms with van der Waals surface area (Å²) >= 11 is 0. The second-order valence-electron chi connectivity index (χ2n) is 5.44. The summed E-state index contributed by atoms with van der Waals surface area (Å²) < 4.78 is 5.31. The molecule has 0 atom stereocenters. The first kappa shape index (κ1) is 15.3. The van der Waals surface area contributed by atoms with E-state index in [4.69, 9.17) is 4.74 Å². The first-order valence-corrected chi connectivity index (χ1v) is 7.70. The molecule has 1 aromatic heterocycles. The molecular weight excluding hydrogens is 292 g/mol. The van der Waals surface area contributed by atoms with E-state index in [1.807, 2.05) is 41.3 Å². The van der Waals surface area contributed by atoms with Gasteiger partial charge in [0.25, 0.3) is 0 Å². The molecule has 23 heavy (non-hydrogen) atoms. The lowest BCUT2D eigenvalue weighted by atomic mass is 10.1. The van der Waals surface area contributed by atoms with Gasteiger partial charge in [0, 0.05) is 37.9 Å². The summed E-state index contributed by atoms with van der Waals surface area (Å²) in [6.45, 7) is 2.95. The quantitative estimate of drug-likeness (QED) is 0.853. The number of anilines is 1. The van der Waals surface area contributed by atoms with E-state index in [1.54, 1.807) is 13.3 Å². The predicted molar refractivity (Wildman–Crippen MR) is 87.5 cm³/mol. The SMILES string of the molecule is COc1ccccc1CC(=O)N1CCN(c2cccnn2)CC1. The van der Waals surface area contributed by atoms with E-state index in [0.717, 1.165) is 30.2 Å². The van der Waals surface area contributed by atoms with E-state index >= 15 is 0 Å². The molecule has 0 spiro atoms. The third-order valence-electron chi connectivity index (χ3n) is 4.05. The van der Waals surface area contributed by atoms with Gasteiger partial charge in [0.2, 0.25) is 5.91 Å². The average molecular weight is 312 g/mol. The van der Waals surface area contributed by atoms with Gasteiger partial charge in [-0.2, -0.15) is 5.10 Å². The summed E-state index contributed by atoms with van der Waals surface area (Å²) in [5, 5.41) is 8.02. The average Bonchev–Trinajstić information content (AvgIpc) is 2.63. The molecule has 0 aliphatic carbocycles. The third kappa shape index (κ3) is 3.59. The molecule has 0 bridgehead atoms. The molecule has 0 N–H and O–H groups in total. The molecule has 1 aliphatic rings. The monoisotopic (exact) mass is 312 g/mol. The summed E-state index contributed by atoms with van der Waals surface area (Å²) in [5.74, 6) is 1.76. The van der Waals surface area contributed by atoms with Crippen LogP contribution in [-0.4, -0.2) is 54.3 Å². The highest BCUT2D eigenvalue weighted by atomic mass is 16.5. The summed E-state index contributed by atoms with van der Waals surface area (Å²) in [5.41, 5.74) is 0.927. The van der Waals surface area contributed by atoms with Gasteiger partial charge in [-0.15, -0.1) is 5.10 Å². The van der Waals surface area contributed by atoms with E-state index in [2.05, 4.69) is 15.1 Å². The van der Waals surface area contributed by atoms with Crippen molar-refractivity contribution in [2.24, 2.45) is 0 Å². The van der Waals surface area contributed by atoms with E-state index < -0.39 is 0 Å². The Labute approximate surface area is 135 Å². The minimum atomic E-state index is 0.133. The van der Waals surface area contributed by atoms with Crippen LogP contribution in [0, 0.1) is 0 Å². The van der Waals surface area contributed by atoms with Gasteiger partial charge in [-0.1, -0.05) is 18.2 Å². The van der Waals surface area contributed by atoms with Gasteiger partial charge in [0.05, 0.1) is 13.5 Å². The number of piperazine rings is 1. The van der Waals surface area contributed by atoms with E-state index in [1.165, 1.54) is 0 Å². The Bertz CT molecular complexity index is 655. The molecular formula is C17H20N4O2. The van der Waals surface area contributed by atoms with Crippen LogP contribution in [0.4, 0.5) is 5.82 Å². The molecule has 0 radical (unpaired) electrons. The number of nitrogens with zero attached hydrogens (tertiary/aromatic N) is 4. The van der Waals surface area contributed by atoms with Crippen molar-refractivity contribution >= 4 is 11.7 Å². The molecule has 1 aliphatic heterocycles. The first-order chi connectivity index (χ1) is 11.3. The number of ether oxygens (including phenoxy) is 1. The Kier molecular flexibility index (Phi) is 4.71. The molecule has 1 saturated heterocycles. The Morgan fingerprint density at radius 1 is 1.13 bits per heavy atom. The molecule has 3 rings (SSSR count). The molecule has 2 heterocycles. The Morgan fingerprint density at radius 3 is 2.61 bits per heavy atom. The van der Waals surface area contributed by atoms with Crippen LogP contribution in [0.2, 0.25) is 0 Å². The number of hydrogen-bond donors (Lipinski definition) is 0. The summed E-state index contributed by atoms with van der Waals surface area (Å²) in [6.07, 6.45) is 2.03. The largest absolute Gasteiger partial charge is 0.496 e. The number of hydrogen-bond acceptors (Lipinski definition) is 5. The highest BCUT2D eigenvalue weighted by molar-refractivity contribution is 5.79. The zero-order valence-electron chi connectivity index (χ0n) is 13.2. The van der Waals surface area contributed by atoms with E-state index in [9.17, 15) is 4.79 Å². The van der Waals surface area contributed by atoms with Crippen LogP contribution in [0.15, 0.2) is 42.6 Å². The van der Waals surface area contributed by atoms with Crippen LogP contribution in [0.3, 0.4) is 0 Å². The fraction of sp³-hybridized carbons (Fsp3) is 0.353. The first-order valence-electron chi connectivity index (χ1n) is 7.70. The number of benzene rings is 1. The zero-order chi connectivity index (χ0) is 16.1. The van der Waals surface area contributed by atoms with Crippen LogP contribution in [0.5, 0.6) is 5.75 Å². The van der Waals surface area contributed by atoms with Crippen LogP contribution in [-0.2, 0) is 11.2 Å². The van der Waals surface area contributed by atoms with Crippen molar-refractivity contribution in [2.45, 2.75) is 6.42 Å². The molecule has 0 unspecified atom stereocenters. The highest BCUT2D eigenvalue weighted by Gasteiger charge is 2.22. The Morgan fingerprint density at radius 2 is 1.91 bits per heavy atom. The smallest absolute Gasteiger partial charge is 0.227 e. The Hall–Kier alpha value is -2.63. The number of carbonyl (C=O) groups is 1. The van der Waals surface area contributed by atoms with Gasteiger partial charge in [-0.05, 0) is 18.2 Å². The predicted octanol–water partition coefficient (Wildman–Crippen LogP) is 1.38. The van der Waals surface area contributed by atoms with Crippen LogP contribution in [0.25, 0.3) is 0 Å². The van der Waals surface area contributed by atoms with E-state index in [-0.39, 0.29) is 5.91 Å². The van der Waals surface area contributed by atoms with Gasteiger partial charge in [-0.25, -0.2) is 0 Å². The van der Waals surface area contributed by atoms with Crippen LogP contribution in [0.1, 0.15) is 5.56 Å². The van der Waals surface area contributed by atoms with Gasteiger partial charge >= 0.3 is 0 Å². The van der Waals surface area contributed by atoms with Crippen molar-refractivity contribution in [3.05, 3.63) is 48.2 Å². The van der Waals surface area contributed by atoms with Crippen molar-refractivity contribution in [3.8, 4) is 5.75 Å². The third-order valence-corrected chi connectivity index (χ3v) is 4.05. The number of para-hydroxylation sites is 1. The fourth-order valence-corrected chi connectivity index (χ4v) is 2.77. The summed E-state index contributed by atoms with van der Waals surface area (Å²) in [6, 6.07) is 11.5. The number of rotatable bonds is 4. The van der Waals surface area contributed by atoms with Crippen LogP contribution < -0.4 is 9.64 Å². The second kappa shape index (κ2) is 7.09. The lowest BCUT2D eigenvalue weighted by Crippen LogP contribution is -2.49. The van der Waals surface area contributed by atoms with Crippen molar-refractivity contribution in [1.82, 2.24) is 15.1 Å². The Balaban J connectivity index is 1.58. The van der Waals surface area contributed by atoms with Crippen LogP contribution >= 0.6 is 0 Å². The topological polar surface area (TPSA) is 58.6 Å². The van der Waals surface area contributed by atoms with Crippen molar-refractivity contribution in [1.29, 1.82) is 0 Å². The number of carbonyl (C=O) groups excluding carboxylic acids is 1. The fourth-order valence-electron chi connectivity index (χ4n) is 2.77. The molecule has 0 saturated carbocycles. The summed E-state index contributed by atoms with van der Waals surface area (Å²) in [7, 11) is 1.63. The maximum Gasteiger partial charge on any atom is 0.227 e. The summed E-state index contributed by atoms with van der Waals surface area (Å²) in [4.78, 5) is 16.6. The molecule has 6 nitrogen and oxygen atoms in total. The second-order valence-corrected chi connectivity index (χ2v) is 5.44. The standard InChI is InChI=1S/C17H20N4O2/c1-23-15-6-3-2-5-14(15)13-17(22)21-11-9-20(10-12-21)16-7-4-8-18-19-16/h2-8H,9-13H2,1H3. The molecule has 120 valence electrons. The number of amides is 1. The normalized spacial score (nSPS) is 14.7. The van der Waals surface area contributed by atoms with Crippen molar-refractivity contribution < 1.29 is 9.53 Å². The maximum atomic E-state index is 12.5.